The lowest BCUT2D eigenvalue weighted by molar-refractivity contribution is 0.0672. The van der Waals surface area contributed by atoms with E-state index in [9.17, 15) is 4.79 Å². The molecule has 0 aliphatic carbocycles. The van der Waals surface area contributed by atoms with Gasteiger partial charge in [0.15, 0.2) is 5.82 Å². The van der Waals surface area contributed by atoms with Gasteiger partial charge in [0.1, 0.15) is 0 Å². The predicted octanol–water partition coefficient (Wildman–Crippen LogP) is 4.64. The standard InChI is InChI=1S/C23H23ClN6O2/c1-14(2)29(13-21-26-27-22(32-21)18-7-5-6-8-19(18)24)23(31)17-9-10-20(25-12-17)30-16(4)11-15(3)28-30/h5-12,14H,13H2,1-4H3. The van der Waals surface area contributed by atoms with Crippen molar-refractivity contribution < 1.29 is 9.21 Å². The Morgan fingerprint density at radius 3 is 2.56 bits per heavy atom. The van der Waals surface area contributed by atoms with Crippen molar-refractivity contribution in [2.45, 2.75) is 40.3 Å². The zero-order valence-corrected chi connectivity index (χ0v) is 19.0. The molecule has 0 fully saturated rings. The Hall–Kier alpha value is -3.52. The molecule has 32 heavy (non-hydrogen) atoms. The number of hydrogen-bond acceptors (Lipinski definition) is 6. The number of carbonyl (C=O) groups is 1. The van der Waals surface area contributed by atoms with Crippen molar-refractivity contribution in [3.63, 3.8) is 0 Å². The van der Waals surface area contributed by atoms with Crippen molar-refractivity contribution in [1.82, 2.24) is 29.9 Å². The van der Waals surface area contributed by atoms with Crippen LogP contribution in [0.25, 0.3) is 17.3 Å². The zero-order valence-electron chi connectivity index (χ0n) is 18.3. The largest absolute Gasteiger partial charge is 0.419 e. The summed E-state index contributed by atoms with van der Waals surface area (Å²) in [6, 6.07) is 12.7. The summed E-state index contributed by atoms with van der Waals surface area (Å²) in [5.41, 5.74) is 3.00. The maximum absolute atomic E-state index is 13.2. The maximum atomic E-state index is 13.2. The first-order chi connectivity index (χ1) is 15.3. The highest BCUT2D eigenvalue weighted by Crippen LogP contribution is 2.26. The minimum absolute atomic E-state index is 0.0890. The molecule has 164 valence electrons. The number of aromatic nitrogens is 5. The van der Waals surface area contributed by atoms with Gasteiger partial charge in [0.05, 0.1) is 28.4 Å². The van der Waals surface area contributed by atoms with E-state index >= 15 is 0 Å². The molecule has 0 saturated heterocycles. The average Bonchev–Trinajstić information content (AvgIpc) is 3.37. The fourth-order valence-corrected chi connectivity index (χ4v) is 3.58. The molecule has 0 radical (unpaired) electrons. The number of pyridine rings is 1. The SMILES string of the molecule is Cc1cc(C)n(-c2ccc(C(=O)N(Cc3nnc(-c4ccccc4Cl)o3)C(C)C)cn2)n1. The smallest absolute Gasteiger partial charge is 0.256 e. The van der Waals surface area contributed by atoms with Gasteiger partial charge >= 0.3 is 0 Å². The summed E-state index contributed by atoms with van der Waals surface area (Å²) in [4.78, 5) is 19.3. The van der Waals surface area contributed by atoms with Gasteiger partial charge in [0.25, 0.3) is 5.91 Å². The molecule has 0 saturated carbocycles. The van der Waals surface area contributed by atoms with Gasteiger partial charge in [-0.2, -0.15) is 5.10 Å². The second-order valence-corrected chi connectivity index (χ2v) is 8.16. The fraction of sp³-hybridized carbons (Fsp3) is 0.261. The van der Waals surface area contributed by atoms with Crippen LogP contribution in [0.5, 0.6) is 0 Å². The molecule has 9 heteroatoms. The molecule has 0 spiro atoms. The van der Waals surface area contributed by atoms with Crippen molar-refractivity contribution in [2.24, 2.45) is 0 Å². The Kier molecular flexibility index (Phi) is 6.05. The Morgan fingerprint density at radius 2 is 1.94 bits per heavy atom. The minimum atomic E-state index is -0.176. The van der Waals surface area contributed by atoms with Crippen molar-refractivity contribution in [3.05, 3.63) is 76.5 Å². The number of amides is 1. The van der Waals surface area contributed by atoms with E-state index in [1.807, 2.05) is 45.9 Å². The van der Waals surface area contributed by atoms with E-state index in [-0.39, 0.29) is 18.5 Å². The molecule has 0 unspecified atom stereocenters. The topological polar surface area (TPSA) is 89.9 Å². The van der Waals surface area contributed by atoms with Crippen LogP contribution in [0.15, 0.2) is 53.1 Å². The predicted molar refractivity (Wildman–Crippen MR) is 121 cm³/mol. The van der Waals surface area contributed by atoms with Crippen LogP contribution in [-0.2, 0) is 6.54 Å². The molecule has 0 aliphatic rings. The highest BCUT2D eigenvalue weighted by Gasteiger charge is 2.23. The number of rotatable bonds is 6. The van der Waals surface area contributed by atoms with Gasteiger partial charge in [0, 0.05) is 17.9 Å². The first-order valence-corrected chi connectivity index (χ1v) is 10.6. The maximum Gasteiger partial charge on any atom is 0.256 e. The van der Waals surface area contributed by atoms with Crippen LogP contribution in [0.2, 0.25) is 5.02 Å². The second-order valence-electron chi connectivity index (χ2n) is 7.75. The second kappa shape index (κ2) is 8.92. The van der Waals surface area contributed by atoms with Gasteiger partial charge in [-0.1, -0.05) is 23.7 Å². The first kappa shape index (κ1) is 21.7. The number of benzene rings is 1. The Morgan fingerprint density at radius 1 is 1.16 bits per heavy atom. The summed E-state index contributed by atoms with van der Waals surface area (Å²) in [6.45, 7) is 7.92. The lowest BCUT2D eigenvalue weighted by Gasteiger charge is -2.25. The van der Waals surface area contributed by atoms with Crippen LogP contribution in [-0.4, -0.2) is 41.8 Å². The highest BCUT2D eigenvalue weighted by atomic mass is 35.5. The summed E-state index contributed by atoms with van der Waals surface area (Å²) >= 11 is 6.22. The molecular formula is C23H23ClN6O2. The van der Waals surface area contributed by atoms with Gasteiger partial charge < -0.3 is 9.32 Å². The van der Waals surface area contributed by atoms with Crippen molar-refractivity contribution >= 4 is 17.5 Å². The van der Waals surface area contributed by atoms with Gasteiger partial charge in [-0.05, 0) is 58.0 Å². The van der Waals surface area contributed by atoms with Crippen LogP contribution in [0.4, 0.5) is 0 Å². The Labute approximate surface area is 190 Å². The van der Waals surface area contributed by atoms with E-state index in [2.05, 4.69) is 20.3 Å². The number of aryl methyl sites for hydroxylation is 2. The van der Waals surface area contributed by atoms with E-state index < -0.39 is 0 Å². The molecule has 4 rings (SSSR count). The van der Waals surface area contributed by atoms with E-state index in [1.54, 1.807) is 40.0 Å². The van der Waals surface area contributed by atoms with Gasteiger partial charge in [-0.15, -0.1) is 10.2 Å². The quantitative estimate of drug-likeness (QED) is 0.425. The zero-order chi connectivity index (χ0) is 22.8. The molecule has 0 N–H and O–H groups in total. The van der Waals surface area contributed by atoms with Crippen molar-refractivity contribution in [1.29, 1.82) is 0 Å². The monoisotopic (exact) mass is 450 g/mol. The summed E-state index contributed by atoms with van der Waals surface area (Å²) in [5.74, 6) is 1.13. The van der Waals surface area contributed by atoms with Crippen molar-refractivity contribution in [3.8, 4) is 17.3 Å². The molecular weight excluding hydrogens is 428 g/mol. The third kappa shape index (κ3) is 4.40. The molecule has 8 nitrogen and oxygen atoms in total. The van der Waals surface area contributed by atoms with E-state index in [0.29, 0.717) is 33.7 Å². The third-order valence-electron chi connectivity index (χ3n) is 4.98. The molecule has 4 aromatic rings. The third-order valence-corrected chi connectivity index (χ3v) is 5.31. The van der Waals surface area contributed by atoms with Crippen LogP contribution < -0.4 is 0 Å². The van der Waals surface area contributed by atoms with E-state index in [0.717, 1.165) is 11.4 Å². The molecule has 1 aromatic carbocycles. The van der Waals surface area contributed by atoms with Crippen LogP contribution in [0.3, 0.4) is 0 Å². The Balaban J connectivity index is 1.54. The molecule has 0 bridgehead atoms. The fourth-order valence-electron chi connectivity index (χ4n) is 3.36. The average molecular weight is 451 g/mol. The molecule has 3 aromatic heterocycles. The summed E-state index contributed by atoms with van der Waals surface area (Å²) < 4.78 is 7.53. The van der Waals surface area contributed by atoms with Crippen LogP contribution in [0.1, 0.15) is 41.5 Å². The first-order valence-electron chi connectivity index (χ1n) is 10.2. The number of hydrogen-bond donors (Lipinski definition) is 0. The Bertz CT molecular complexity index is 1250. The van der Waals surface area contributed by atoms with Crippen molar-refractivity contribution in [2.75, 3.05) is 0 Å². The lowest BCUT2D eigenvalue weighted by Crippen LogP contribution is -2.36. The summed E-state index contributed by atoms with van der Waals surface area (Å²) in [6.07, 6.45) is 1.56. The molecule has 0 aliphatic heterocycles. The number of carbonyl (C=O) groups excluding carboxylic acids is 1. The minimum Gasteiger partial charge on any atom is -0.419 e. The van der Waals surface area contributed by atoms with Gasteiger partial charge in [-0.25, -0.2) is 9.67 Å². The molecule has 3 heterocycles. The van der Waals surface area contributed by atoms with E-state index in [4.69, 9.17) is 16.0 Å². The summed E-state index contributed by atoms with van der Waals surface area (Å²) in [7, 11) is 0. The van der Waals surface area contributed by atoms with Gasteiger partial charge in [-0.3, -0.25) is 4.79 Å². The highest BCUT2D eigenvalue weighted by molar-refractivity contribution is 6.33. The van der Waals surface area contributed by atoms with E-state index in [1.165, 1.54) is 0 Å². The number of halogens is 1. The van der Waals surface area contributed by atoms with Crippen LogP contribution in [0, 0.1) is 13.8 Å². The number of nitrogens with zero attached hydrogens (tertiary/aromatic N) is 6. The normalized spacial score (nSPS) is 11.2. The molecule has 0 atom stereocenters. The summed E-state index contributed by atoms with van der Waals surface area (Å²) in [5, 5.41) is 13.1. The lowest BCUT2D eigenvalue weighted by atomic mass is 10.2. The molecule has 1 amide bonds. The van der Waals surface area contributed by atoms with Gasteiger partial charge in [0.2, 0.25) is 11.8 Å². The van der Waals surface area contributed by atoms with Crippen LogP contribution >= 0.6 is 11.6 Å².